The summed E-state index contributed by atoms with van der Waals surface area (Å²) in [6.45, 7) is 2.47. The number of hydrogen-bond acceptors (Lipinski definition) is 8. The molecule has 0 unspecified atom stereocenters. The average Bonchev–Trinajstić information content (AvgIpc) is 3.29. The first-order valence-electron chi connectivity index (χ1n) is 8.47. The minimum Gasteiger partial charge on any atom is -0.266 e. The Labute approximate surface area is 166 Å². The monoisotopic (exact) mass is 395 g/mol. The van der Waals surface area contributed by atoms with Gasteiger partial charge in [-0.2, -0.15) is 5.10 Å². The number of benzene rings is 2. The Hall–Kier alpha value is -3.37. The van der Waals surface area contributed by atoms with Crippen molar-refractivity contribution in [2.75, 3.05) is 0 Å². The van der Waals surface area contributed by atoms with Crippen LogP contribution in [0.5, 0.6) is 0 Å². The van der Waals surface area contributed by atoms with Gasteiger partial charge in [0, 0.05) is 12.1 Å². The van der Waals surface area contributed by atoms with E-state index in [4.69, 9.17) is 0 Å². The summed E-state index contributed by atoms with van der Waals surface area (Å²) in [4.78, 5) is 10.4. The molecular weight excluding hydrogens is 378 g/mol. The lowest BCUT2D eigenvalue weighted by atomic mass is 10.2. The number of amidine groups is 1. The van der Waals surface area contributed by atoms with E-state index in [1.54, 1.807) is 28.0 Å². The van der Waals surface area contributed by atoms with Crippen LogP contribution in [0.3, 0.4) is 0 Å². The van der Waals surface area contributed by atoms with E-state index in [1.807, 2.05) is 31.2 Å². The highest BCUT2D eigenvalue weighted by Crippen LogP contribution is 2.23. The van der Waals surface area contributed by atoms with Gasteiger partial charge in [-0.05, 0) is 24.1 Å². The SMILES string of the molecule is Cc1ccccc1-n1ncc(C2=NNNN2Cc2ccc([N+](=O)[O-])cc2)c1S. The predicted molar refractivity (Wildman–Crippen MR) is 107 cm³/mol. The number of rotatable bonds is 5. The molecule has 0 bridgehead atoms. The van der Waals surface area contributed by atoms with Crippen molar-refractivity contribution in [3.8, 4) is 5.69 Å². The Kier molecular flexibility index (Phi) is 4.72. The number of nitro benzene ring substituents is 1. The molecule has 0 spiro atoms. The Morgan fingerprint density at radius 3 is 2.64 bits per heavy atom. The number of hydrazone groups is 1. The first-order chi connectivity index (χ1) is 13.5. The van der Waals surface area contributed by atoms with Crippen LogP contribution in [-0.2, 0) is 6.54 Å². The van der Waals surface area contributed by atoms with Gasteiger partial charge >= 0.3 is 0 Å². The Balaban J connectivity index is 1.59. The summed E-state index contributed by atoms with van der Waals surface area (Å²) in [7, 11) is 0. The van der Waals surface area contributed by atoms with Crippen LogP contribution >= 0.6 is 12.6 Å². The second kappa shape index (κ2) is 7.33. The van der Waals surface area contributed by atoms with Crippen LogP contribution in [0.2, 0.25) is 0 Å². The number of nitrogens with zero attached hydrogens (tertiary/aromatic N) is 5. The Morgan fingerprint density at radius 1 is 1.18 bits per heavy atom. The quantitative estimate of drug-likeness (QED) is 0.349. The maximum atomic E-state index is 10.8. The first-order valence-corrected chi connectivity index (χ1v) is 8.92. The van der Waals surface area contributed by atoms with Crippen molar-refractivity contribution < 1.29 is 4.92 Å². The van der Waals surface area contributed by atoms with E-state index in [9.17, 15) is 10.1 Å². The molecule has 0 radical (unpaired) electrons. The number of para-hydroxylation sites is 1. The number of hydrogen-bond donors (Lipinski definition) is 3. The molecule has 2 heterocycles. The number of aromatic nitrogens is 2. The van der Waals surface area contributed by atoms with E-state index >= 15 is 0 Å². The lowest BCUT2D eigenvalue weighted by Crippen LogP contribution is -2.40. The molecule has 0 atom stereocenters. The normalized spacial score (nSPS) is 13.4. The van der Waals surface area contributed by atoms with Gasteiger partial charge in [0.05, 0.1) is 28.9 Å². The molecule has 4 rings (SSSR count). The summed E-state index contributed by atoms with van der Waals surface area (Å²) in [6, 6.07) is 14.3. The molecule has 0 saturated heterocycles. The summed E-state index contributed by atoms with van der Waals surface area (Å²) in [5.41, 5.74) is 9.43. The van der Waals surface area contributed by atoms with Crippen molar-refractivity contribution in [1.82, 2.24) is 25.9 Å². The molecule has 1 aliphatic rings. The second-order valence-electron chi connectivity index (χ2n) is 6.25. The van der Waals surface area contributed by atoms with Crippen molar-refractivity contribution in [2.45, 2.75) is 18.5 Å². The Morgan fingerprint density at radius 2 is 1.93 bits per heavy atom. The van der Waals surface area contributed by atoms with Crippen molar-refractivity contribution in [3.63, 3.8) is 0 Å². The van der Waals surface area contributed by atoms with Gasteiger partial charge in [-0.15, -0.1) is 23.3 Å². The fourth-order valence-electron chi connectivity index (χ4n) is 2.95. The van der Waals surface area contributed by atoms with Crippen LogP contribution in [0.1, 0.15) is 16.7 Å². The maximum Gasteiger partial charge on any atom is 0.269 e. The van der Waals surface area contributed by atoms with Gasteiger partial charge in [-0.3, -0.25) is 15.1 Å². The summed E-state index contributed by atoms with van der Waals surface area (Å²) < 4.78 is 1.76. The lowest BCUT2D eigenvalue weighted by molar-refractivity contribution is -0.384. The molecule has 3 aromatic rings. The first kappa shape index (κ1) is 18.0. The van der Waals surface area contributed by atoms with Gasteiger partial charge < -0.3 is 0 Å². The highest BCUT2D eigenvalue weighted by molar-refractivity contribution is 7.80. The van der Waals surface area contributed by atoms with Crippen molar-refractivity contribution in [1.29, 1.82) is 0 Å². The molecule has 2 N–H and O–H groups in total. The minimum absolute atomic E-state index is 0.0577. The highest BCUT2D eigenvalue weighted by atomic mass is 32.1. The molecule has 9 nitrogen and oxygen atoms in total. The number of hydrazine groups is 2. The molecule has 0 amide bonds. The molecule has 10 heteroatoms. The van der Waals surface area contributed by atoms with Crippen molar-refractivity contribution >= 4 is 24.2 Å². The maximum absolute atomic E-state index is 10.8. The van der Waals surface area contributed by atoms with Gasteiger partial charge in [0.15, 0.2) is 5.84 Å². The van der Waals surface area contributed by atoms with Crippen molar-refractivity contribution in [2.24, 2.45) is 5.10 Å². The topological polar surface area (TPSA) is 101 Å². The zero-order valence-electron chi connectivity index (χ0n) is 14.9. The highest BCUT2D eigenvalue weighted by Gasteiger charge is 2.24. The summed E-state index contributed by atoms with van der Waals surface area (Å²) in [5.74, 6) is 0.628. The van der Waals surface area contributed by atoms with Crippen LogP contribution < -0.4 is 11.1 Å². The molecule has 2 aromatic carbocycles. The number of aryl methyl sites for hydroxylation is 1. The van der Waals surface area contributed by atoms with E-state index in [0.29, 0.717) is 17.4 Å². The van der Waals surface area contributed by atoms with Gasteiger partial charge in [0.1, 0.15) is 5.03 Å². The molecule has 1 aliphatic heterocycles. The largest absolute Gasteiger partial charge is 0.269 e. The van der Waals surface area contributed by atoms with E-state index in [2.05, 4.69) is 33.9 Å². The summed E-state index contributed by atoms with van der Waals surface area (Å²) in [5, 5.41) is 22.0. The van der Waals surface area contributed by atoms with Crippen LogP contribution in [0.25, 0.3) is 5.69 Å². The third kappa shape index (κ3) is 3.30. The fourth-order valence-corrected chi connectivity index (χ4v) is 3.27. The molecular formula is C18H17N7O2S. The van der Waals surface area contributed by atoms with E-state index < -0.39 is 4.92 Å². The molecule has 0 aliphatic carbocycles. The molecule has 28 heavy (non-hydrogen) atoms. The fraction of sp³-hybridized carbons (Fsp3) is 0.111. The standard InChI is InChI=1S/C18H17N7O2S/c1-12-4-2-3-5-16(12)24-18(28)15(10-19-24)17-20-21-22-23(17)11-13-6-8-14(9-7-13)25(26)27/h2-10,21-22,28H,11H2,1H3. The number of nitro groups is 1. The number of thiol groups is 1. The van der Waals surface area contributed by atoms with E-state index in [1.165, 1.54) is 12.1 Å². The molecule has 0 saturated carbocycles. The molecule has 0 fully saturated rings. The van der Waals surface area contributed by atoms with Gasteiger partial charge in [0.2, 0.25) is 0 Å². The van der Waals surface area contributed by atoms with Crippen LogP contribution in [0.15, 0.2) is 64.9 Å². The van der Waals surface area contributed by atoms with Gasteiger partial charge in [-0.25, -0.2) is 10.2 Å². The van der Waals surface area contributed by atoms with Crippen LogP contribution in [0.4, 0.5) is 5.69 Å². The average molecular weight is 395 g/mol. The Bertz CT molecular complexity index is 1060. The lowest BCUT2D eigenvalue weighted by Gasteiger charge is -2.18. The van der Waals surface area contributed by atoms with Gasteiger partial charge in [0.25, 0.3) is 5.69 Å². The minimum atomic E-state index is -0.417. The summed E-state index contributed by atoms with van der Waals surface area (Å²) in [6.07, 6.45) is 1.71. The zero-order chi connectivity index (χ0) is 19.7. The second-order valence-corrected chi connectivity index (χ2v) is 6.67. The molecule has 142 valence electrons. The molecule has 1 aromatic heterocycles. The van der Waals surface area contributed by atoms with Gasteiger partial charge in [-0.1, -0.05) is 30.3 Å². The third-order valence-electron chi connectivity index (χ3n) is 4.42. The van der Waals surface area contributed by atoms with Crippen LogP contribution in [-0.4, -0.2) is 25.5 Å². The van der Waals surface area contributed by atoms with Crippen LogP contribution in [0, 0.1) is 17.0 Å². The number of nitrogens with one attached hydrogen (secondary N) is 2. The number of non-ortho nitro benzene ring substituents is 1. The van der Waals surface area contributed by atoms with Crippen molar-refractivity contribution in [3.05, 3.63) is 81.5 Å². The third-order valence-corrected chi connectivity index (χ3v) is 4.85. The zero-order valence-corrected chi connectivity index (χ0v) is 15.8. The smallest absolute Gasteiger partial charge is 0.266 e. The summed E-state index contributed by atoms with van der Waals surface area (Å²) >= 11 is 4.66. The predicted octanol–water partition coefficient (Wildman–Crippen LogP) is 2.56. The van der Waals surface area contributed by atoms with E-state index in [0.717, 1.165) is 22.4 Å². The van der Waals surface area contributed by atoms with E-state index in [-0.39, 0.29) is 5.69 Å².